The van der Waals surface area contributed by atoms with Crippen LogP contribution in [0.5, 0.6) is 0 Å². The quantitative estimate of drug-likeness (QED) is 0.412. The molecular formula is C28H24N2O3. The van der Waals surface area contributed by atoms with E-state index in [9.17, 15) is 14.4 Å². The first-order valence-corrected chi connectivity index (χ1v) is 10.8. The van der Waals surface area contributed by atoms with Crippen LogP contribution in [0.3, 0.4) is 0 Å². The minimum absolute atomic E-state index is 0.182. The number of Topliss-reactive ketones (excluding diaryl/α,β-unsaturated/α-hetero) is 1. The lowest BCUT2D eigenvalue weighted by atomic mass is 9.96. The summed E-state index contributed by atoms with van der Waals surface area (Å²) in [7, 11) is 0. The average Bonchev–Trinajstić information content (AvgIpc) is 2.84. The highest BCUT2D eigenvalue weighted by Crippen LogP contribution is 2.20. The van der Waals surface area contributed by atoms with Crippen molar-refractivity contribution in [2.24, 2.45) is 5.73 Å². The molecule has 0 heterocycles. The zero-order valence-corrected chi connectivity index (χ0v) is 18.0. The van der Waals surface area contributed by atoms with Crippen molar-refractivity contribution in [1.82, 2.24) is 5.32 Å². The van der Waals surface area contributed by atoms with E-state index in [0.29, 0.717) is 12.0 Å². The van der Waals surface area contributed by atoms with Crippen molar-refractivity contribution in [2.45, 2.75) is 18.9 Å². The van der Waals surface area contributed by atoms with Gasteiger partial charge in [-0.05, 0) is 39.9 Å². The molecule has 4 rings (SSSR count). The summed E-state index contributed by atoms with van der Waals surface area (Å²) in [6.07, 6.45) is 0.739. The molecule has 0 fully saturated rings. The van der Waals surface area contributed by atoms with Crippen LogP contribution < -0.4 is 11.1 Å². The number of amides is 2. The van der Waals surface area contributed by atoms with Gasteiger partial charge in [0.05, 0.1) is 0 Å². The van der Waals surface area contributed by atoms with E-state index in [0.717, 1.165) is 27.5 Å². The minimum Gasteiger partial charge on any atom is -0.363 e. The number of hydrogen-bond donors (Lipinski definition) is 2. The lowest BCUT2D eigenvalue weighted by molar-refractivity contribution is -0.137. The molecule has 5 nitrogen and oxygen atoms in total. The van der Waals surface area contributed by atoms with Gasteiger partial charge in [-0.15, -0.1) is 0 Å². The van der Waals surface area contributed by atoms with Gasteiger partial charge >= 0.3 is 0 Å². The number of carbonyl (C=O) groups excluding carboxylic acids is 3. The maximum atomic E-state index is 13.2. The van der Waals surface area contributed by atoms with Crippen LogP contribution in [0.2, 0.25) is 0 Å². The van der Waals surface area contributed by atoms with Gasteiger partial charge in [-0.2, -0.15) is 0 Å². The molecule has 0 aliphatic heterocycles. The van der Waals surface area contributed by atoms with E-state index in [2.05, 4.69) is 29.6 Å². The summed E-state index contributed by atoms with van der Waals surface area (Å²) in [5.74, 6) is -2.30. The molecule has 0 spiro atoms. The van der Waals surface area contributed by atoms with E-state index in [1.54, 1.807) is 12.1 Å². The Morgan fingerprint density at radius 3 is 2.15 bits per heavy atom. The van der Waals surface area contributed by atoms with Crippen LogP contribution >= 0.6 is 0 Å². The number of rotatable bonds is 8. The average molecular weight is 437 g/mol. The van der Waals surface area contributed by atoms with Crippen molar-refractivity contribution in [3.63, 3.8) is 0 Å². The van der Waals surface area contributed by atoms with E-state index >= 15 is 0 Å². The van der Waals surface area contributed by atoms with Gasteiger partial charge < -0.3 is 11.1 Å². The fourth-order valence-electron chi connectivity index (χ4n) is 3.93. The van der Waals surface area contributed by atoms with Crippen LogP contribution in [0.1, 0.15) is 27.0 Å². The highest BCUT2D eigenvalue weighted by atomic mass is 16.2. The molecule has 33 heavy (non-hydrogen) atoms. The summed E-state index contributed by atoms with van der Waals surface area (Å²) in [6, 6.07) is 29.8. The molecule has 0 unspecified atom stereocenters. The predicted molar refractivity (Wildman–Crippen MR) is 129 cm³/mol. The fourth-order valence-corrected chi connectivity index (χ4v) is 3.93. The molecular weight excluding hydrogens is 412 g/mol. The molecule has 3 N–H and O–H groups in total. The Bertz CT molecular complexity index is 1320. The number of nitrogens with two attached hydrogens (primary N) is 1. The summed E-state index contributed by atoms with van der Waals surface area (Å²) in [5.41, 5.74) is 8.42. The van der Waals surface area contributed by atoms with Crippen molar-refractivity contribution in [2.75, 3.05) is 0 Å². The molecule has 4 aromatic carbocycles. The standard InChI is InChI=1S/C28H24N2O3/c29-27(32)26(31)25(18-19-8-2-1-3-9-19)30-28(33)24-13-7-6-12-23(24)17-20-14-15-21-10-4-5-11-22(21)16-20/h1-16,25H,17-18H2,(H2,29,32)(H,30,33)/t25-/m0/s1. The number of nitrogens with one attached hydrogen (secondary N) is 1. The van der Waals surface area contributed by atoms with Gasteiger partial charge in [0.2, 0.25) is 5.78 Å². The van der Waals surface area contributed by atoms with E-state index in [-0.39, 0.29) is 6.42 Å². The van der Waals surface area contributed by atoms with Crippen molar-refractivity contribution in [1.29, 1.82) is 0 Å². The van der Waals surface area contributed by atoms with Gasteiger partial charge in [0.25, 0.3) is 11.8 Å². The van der Waals surface area contributed by atoms with Gasteiger partial charge in [0, 0.05) is 12.0 Å². The van der Waals surface area contributed by atoms with Crippen LogP contribution in [0.25, 0.3) is 10.8 Å². The molecule has 0 aromatic heterocycles. The number of fused-ring (bicyclic) bond motifs is 1. The lowest BCUT2D eigenvalue weighted by Gasteiger charge is -2.18. The van der Waals surface area contributed by atoms with Crippen molar-refractivity contribution < 1.29 is 14.4 Å². The molecule has 5 heteroatoms. The summed E-state index contributed by atoms with van der Waals surface area (Å²) in [6.45, 7) is 0. The Morgan fingerprint density at radius 2 is 1.39 bits per heavy atom. The van der Waals surface area contributed by atoms with Gasteiger partial charge in [-0.25, -0.2) is 0 Å². The summed E-state index contributed by atoms with van der Waals surface area (Å²) >= 11 is 0. The van der Waals surface area contributed by atoms with Crippen LogP contribution in [0.4, 0.5) is 0 Å². The number of ketones is 1. The van der Waals surface area contributed by atoms with E-state index in [1.165, 1.54) is 0 Å². The lowest BCUT2D eigenvalue weighted by Crippen LogP contribution is -2.47. The first-order valence-electron chi connectivity index (χ1n) is 10.8. The second kappa shape index (κ2) is 9.92. The monoisotopic (exact) mass is 436 g/mol. The van der Waals surface area contributed by atoms with Gasteiger partial charge in [-0.3, -0.25) is 14.4 Å². The first kappa shape index (κ1) is 22.0. The predicted octanol–water partition coefficient (Wildman–Crippen LogP) is 3.83. The largest absolute Gasteiger partial charge is 0.363 e. The number of primary amides is 1. The third-order valence-electron chi connectivity index (χ3n) is 5.62. The smallest absolute Gasteiger partial charge is 0.287 e. The van der Waals surface area contributed by atoms with Gasteiger partial charge in [0.1, 0.15) is 6.04 Å². The molecule has 2 amide bonds. The van der Waals surface area contributed by atoms with Gasteiger partial charge in [-0.1, -0.05) is 91.0 Å². The van der Waals surface area contributed by atoms with Gasteiger partial charge in [0.15, 0.2) is 0 Å². The van der Waals surface area contributed by atoms with Crippen LogP contribution in [0.15, 0.2) is 97.1 Å². The third-order valence-corrected chi connectivity index (χ3v) is 5.62. The number of carbonyl (C=O) groups is 3. The minimum atomic E-state index is -1.07. The Balaban J connectivity index is 1.58. The highest BCUT2D eigenvalue weighted by Gasteiger charge is 2.26. The second-order valence-corrected chi connectivity index (χ2v) is 7.96. The molecule has 164 valence electrons. The van der Waals surface area contributed by atoms with Crippen molar-refractivity contribution >= 4 is 28.4 Å². The maximum Gasteiger partial charge on any atom is 0.287 e. The summed E-state index contributed by atoms with van der Waals surface area (Å²) in [5, 5.41) is 5.01. The normalized spacial score (nSPS) is 11.6. The molecule has 0 bridgehead atoms. The number of benzene rings is 4. The van der Waals surface area contributed by atoms with Crippen LogP contribution in [-0.4, -0.2) is 23.6 Å². The molecule has 0 aliphatic carbocycles. The molecule has 0 aliphatic rings. The number of hydrogen-bond acceptors (Lipinski definition) is 3. The SMILES string of the molecule is NC(=O)C(=O)[C@H](Cc1ccccc1)NC(=O)c1ccccc1Cc1ccc2ccccc2c1. The van der Waals surface area contributed by atoms with E-state index < -0.39 is 23.6 Å². The van der Waals surface area contributed by atoms with E-state index in [1.807, 2.05) is 60.7 Å². The maximum absolute atomic E-state index is 13.2. The zero-order chi connectivity index (χ0) is 23.2. The Labute approximate surface area is 192 Å². The van der Waals surface area contributed by atoms with Crippen molar-refractivity contribution in [3.8, 4) is 0 Å². The van der Waals surface area contributed by atoms with Crippen LogP contribution in [-0.2, 0) is 22.4 Å². The molecule has 0 saturated carbocycles. The Hall–Kier alpha value is -4.25. The molecule has 4 aromatic rings. The van der Waals surface area contributed by atoms with Crippen molar-refractivity contribution in [3.05, 3.63) is 119 Å². The topological polar surface area (TPSA) is 89.3 Å². The zero-order valence-electron chi connectivity index (χ0n) is 18.0. The molecule has 1 atom stereocenters. The van der Waals surface area contributed by atoms with E-state index in [4.69, 9.17) is 5.73 Å². The summed E-state index contributed by atoms with van der Waals surface area (Å²) < 4.78 is 0. The third kappa shape index (κ3) is 5.33. The Morgan fingerprint density at radius 1 is 0.727 bits per heavy atom. The van der Waals surface area contributed by atoms with Crippen LogP contribution in [0, 0.1) is 0 Å². The first-order chi connectivity index (χ1) is 16.0. The highest BCUT2D eigenvalue weighted by molar-refractivity contribution is 6.38. The fraction of sp³-hybridized carbons (Fsp3) is 0.107. The second-order valence-electron chi connectivity index (χ2n) is 7.96. The molecule has 0 saturated heterocycles. The molecule has 0 radical (unpaired) electrons. The Kier molecular flexibility index (Phi) is 6.60. The summed E-state index contributed by atoms with van der Waals surface area (Å²) in [4.78, 5) is 37.2.